The number of hydrogen-bond acceptors (Lipinski definition) is 5. The highest BCUT2D eigenvalue weighted by Gasteiger charge is 2.07. The Morgan fingerprint density at radius 1 is 1.39 bits per heavy atom. The number of amides is 1. The molecular formula is C12H18N4O2. The van der Waals surface area contributed by atoms with E-state index in [1.807, 2.05) is 19.0 Å². The Kier molecular flexibility index (Phi) is 5.13. The molecular weight excluding hydrogens is 232 g/mol. The van der Waals surface area contributed by atoms with Crippen molar-refractivity contribution in [1.82, 2.24) is 10.2 Å². The van der Waals surface area contributed by atoms with E-state index in [-0.39, 0.29) is 12.4 Å². The summed E-state index contributed by atoms with van der Waals surface area (Å²) in [6.45, 7) is 0.927. The van der Waals surface area contributed by atoms with Gasteiger partial charge in [0.15, 0.2) is 0 Å². The molecule has 0 saturated carbocycles. The van der Waals surface area contributed by atoms with Crippen LogP contribution in [0.15, 0.2) is 24.3 Å². The number of nitrogen functional groups attached to an aromatic ring is 1. The van der Waals surface area contributed by atoms with Gasteiger partial charge in [-0.2, -0.15) is 0 Å². The zero-order chi connectivity index (χ0) is 13.5. The summed E-state index contributed by atoms with van der Waals surface area (Å²) in [5.41, 5.74) is 6.72. The van der Waals surface area contributed by atoms with Crippen molar-refractivity contribution in [2.24, 2.45) is 0 Å². The number of benzene rings is 1. The predicted molar refractivity (Wildman–Crippen MR) is 70.7 cm³/mol. The van der Waals surface area contributed by atoms with Crippen molar-refractivity contribution in [2.45, 2.75) is 0 Å². The number of amidine groups is 1. The molecule has 6 nitrogen and oxygen atoms in total. The van der Waals surface area contributed by atoms with E-state index in [1.54, 1.807) is 24.3 Å². The van der Waals surface area contributed by atoms with Crippen LogP contribution in [0.3, 0.4) is 0 Å². The average molecular weight is 250 g/mol. The molecule has 0 unspecified atom stereocenters. The van der Waals surface area contributed by atoms with E-state index in [1.165, 1.54) is 0 Å². The van der Waals surface area contributed by atoms with Crippen molar-refractivity contribution in [2.75, 3.05) is 33.0 Å². The van der Waals surface area contributed by atoms with Gasteiger partial charge in [-0.1, -0.05) is 0 Å². The molecule has 1 aromatic carbocycles. The van der Waals surface area contributed by atoms with E-state index in [9.17, 15) is 4.79 Å². The molecule has 0 aliphatic heterocycles. The first-order valence-corrected chi connectivity index (χ1v) is 5.52. The van der Waals surface area contributed by atoms with Gasteiger partial charge in [0, 0.05) is 17.8 Å². The maximum atomic E-state index is 11.4. The first-order valence-electron chi connectivity index (χ1n) is 5.52. The molecule has 18 heavy (non-hydrogen) atoms. The van der Waals surface area contributed by atoms with E-state index in [0.29, 0.717) is 17.8 Å². The summed E-state index contributed by atoms with van der Waals surface area (Å²) in [5, 5.41) is 10.0. The molecule has 1 aromatic rings. The quantitative estimate of drug-likeness (QED) is 0.420. The Balaban J connectivity index is 2.40. The third-order valence-corrected chi connectivity index (χ3v) is 2.20. The summed E-state index contributed by atoms with van der Waals surface area (Å²) in [4.78, 5) is 13.3. The number of nitrogens with one attached hydrogen (secondary N) is 2. The fourth-order valence-corrected chi connectivity index (χ4v) is 1.18. The molecule has 0 aliphatic rings. The number of rotatable bonds is 4. The molecule has 1 amide bonds. The molecule has 0 aliphatic carbocycles. The Bertz CT molecular complexity index is 415. The maximum absolute atomic E-state index is 11.4. The van der Waals surface area contributed by atoms with Gasteiger partial charge in [-0.15, -0.1) is 0 Å². The molecule has 4 N–H and O–H groups in total. The van der Waals surface area contributed by atoms with Crippen LogP contribution in [0.5, 0.6) is 0 Å². The summed E-state index contributed by atoms with van der Waals surface area (Å²) in [5.74, 6) is -0.00940. The molecule has 0 radical (unpaired) electrons. The number of hydrogen-bond donors (Lipinski definition) is 3. The third-order valence-electron chi connectivity index (χ3n) is 2.20. The minimum atomic E-state index is -0.626. The standard InChI is InChI=1S/C12H18N4O2/c1-16(2)7-8-18-12(17)15-11(14)9-3-5-10(13)6-4-9/h3-6H,7-8,13H2,1-2H3,(H2,14,15,17). The van der Waals surface area contributed by atoms with Gasteiger partial charge in [-0.3, -0.25) is 10.7 Å². The van der Waals surface area contributed by atoms with Gasteiger partial charge in [0.25, 0.3) is 0 Å². The van der Waals surface area contributed by atoms with Crippen LogP contribution in [-0.4, -0.2) is 44.1 Å². The Hall–Kier alpha value is -2.08. The van der Waals surface area contributed by atoms with E-state index in [2.05, 4.69) is 5.32 Å². The Morgan fingerprint density at radius 3 is 2.56 bits per heavy atom. The maximum Gasteiger partial charge on any atom is 0.412 e. The second-order valence-corrected chi connectivity index (χ2v) is 4.06. The Labute approximate surface area is 106 Å². The van der Waals surface area contributed by atoms with Gasteiger partial charge in [0.1, 0.15) is 12.4 Å². The van der Waals surface area contributed by atoms with E-state index >= 15 is 0 Å². The number of nitrogens with zero attached hydrogens (tertiary/aromatic N) is 1. The molecule has 1 rings (SSSR count). The summed E-state index contributed by atoms with van der Waals surface area (Å²) >= 11 is 0. The van der Waals surface area contributed by atoms with Crippen molar-refractivity contribution in [3.05, 3.63) is 29.8 Å². The monoisotopic (exact) mass is 250 g/mol. The molecule has 0 atom stereocenters. The van der Waals surface area contributed by atoms with Gasteiger partial charge in [-0.25, -0.2) is 4.79 Å². The zero-order valence-corrected chi connectivity index (χ0v) is 10.6. The van der Waals surface area contributed by atoms with Crippen LogP contribution in [0.2, 0.25) is 0 Å². The lowest BCUT2D eigenvalue weighted by Crippen LogP contribution is -2.32. The minimum absolute atomic E-state index is 0.00940. The van der Waals surface area contributed by atoms with Gasteiger partial charge >= 0.3 is 6.09 Å². The van der Waals surface area contributed by atoms with Crippen LogP contribution in [0.4, 0.5) is 10.5 Å². The molecule has 98 valence electrons. The average Bonchev–Trinajstić information content (AvgIpc) is 2.29. The van der Waals surface area contributed by atoms with Gasteiger partial charge in [0.05, 0.1) is 0 Å². The van der Waals surface area contributed by atoms with Gasteiger partial charge < -0.3 is 15.4 Å². The minimum Gasteiger partial charge on any atom is -0.448 e. The summed E-state index contributed by atoms with van der Waals surface area (Å²) in [6, 6.07) is 6.67. The normalized spacial score (nSPS) is 10.2. The molecule has 0 aromatic heterocycles. The van der Waals surface area contributed by atoms with Crippen molar-refractivity contribution in [3.8, 4) is 0 Å². The van der Waals surface area contributed by atoms with Crippen LogP contribution in [0.1, 0.15) is 5.56 Å². The number of anilines is 1. The number of carbonyl (C=O) groups excluding carboxylic acids is 1. The van der Waals surface area contributed by atoms with Gasteiger partial charge in [0.2, 0.25) is 0 Å². The van der Waals surface area contributed by atoms with Crippen molar-refractivity contribution in [3.63, 3.8) is 0 Å². The third kappa shape index (κ3) is 4.84. The molecule has 0 saturated heterocycles. The van der Waals surface area contributed by atoms with E-state index < -0.39 is 6.09 Å². The number of carbonyl (C=O) groups is 1. The smallest absolute Gasteiger partial charge is 0.412 e. The highest BCUT2D eigenvalue weighted by Crippen LogP contribution is 2.05. The second kappa shape index (κ2) is 6.61. The number of ether oxygens (including phenoxy) is 1. The lowest BCUT2D eigenvalue weighted by molar-refractivity contribution is 0.142. The van der Waals surface area contributed by atoms with Crippen LogP contribution < -0.4 is 11.1 Å². The van der Waals surface area contributed by atoms with Crippen LogP contribution in [-0.2, 0) is 4.74 Å². The predicted octanol–water partition coefficient (Wildman–Crippen LogP) is 0.882. The van der Waals surface area contributed by atoms with E-state index in [0.717, 1.165) is 0 Å². The molecule has 0 bridgehead atoms. The van der Waals surface area contributed by atoms with Crippen molar-refractivity contribution in [1.29, 1.82) is 5.41 Å². The summed E-state index contributed by atoms with van der Waals surface area (Å²) in [6.07, 6.45) is -0.626. The summed E-state index contributed by atoms with van der Waals surface area (Å²) in [7, 11) is 3.77. The number of nitrogens with two attached hydrogens (primary N) is 1. The molecule has 0 fully saturated rings. The van der Waals surface area contributed by atoms with Crippen LogP contribution >= 0.6 is 0 Å². The van der Waals surface area contributed by atoms with Crippen LogP contribution in [0, 0.1) is 5.41 Å². The lowest BCUT2D eigenvalue weighted by atomic mass is 10.2. The highest BCUT2D eigenvalue weighted by atomic mass is 16.5. The molecule has 0 spiro atoms. The SMILES string of the molecule is CN(C)CCOC(=O)NC(=N)c1ccc(N)cc1. The van der Waals surface area contributed by atoms with Crippen molar-refractivity contribution < 1.29 is 9.53 Å². The second-order valence-electron chi connectivity index (χ2n) is 4.06. The first-order chi connectivity index (χ1) is 8.49. The fraction of sp³-hybridized carbons (Fsp3) is 0.333. The highest BCUT2D eigenvalue weighted by molar-refractivity contribution is 6.04. The number of alkyl carbamates (subject to hydrolysis) is 1. The van der Waals surface area contributed by atoms with Crippen molar-refractivity contribution >= 4 is 17.6 Å². The lowest BCUT2D eigenvalue weighted by Gasteiger charge is -2.11. The molecule has 0 heterocycles. The number of likely N-dealkylation sites (N-methyl/N-ethyl adjacent to an activating group) is 1. The van der Waals surface area contributed by atoms with Gasteiger partial charge in [-0.05, 0) is 38.4 Å². The van der Waals surface area contributed by atoms with E-state index in [4.69, 9.17) is 15.9 Å². The summed E-state index contributed by atoms with van der Waals surface area (Å²) < 4.78 is 4.91. The topological polar surface area (TPSA) is 91.4 Å². The fourth-order valence-electron chi connectivity index (χ4n) is 1.18. The largest absolute Gasteiger partial charge is 0.448 e. The zero-order valence-electron chi connectivity index (χ0n) is 10.6. The first kappa shape index (κ1) is 14.0. The Morgan fingerprint density at radius 2 is 2.00 bits per heavy atom. The van der Waals surface area contributed by atoms with Crippen LogP contribution in [0.25, 0.3) is 0 Å². The molecule has 6 heteroatoms.